The summed E-state index contributed by atoms with van der Waals surface area (Å²) in [6.07, 6.45) is 0. The Labute approximate surface area is 160 Å². The van der Waals surface area contributed by atoms with E-state index in [4.69, 9.17) is 10.7 Å². The predicted molar refractivity (Wildman–Crippen MR) is 113 cm³/mol. The highest BCUT2D eigenvalue weighted by Crippen LogP contribution is 2.37. The average molecular weight is 370 g/mol. The Morgan fingerprint density at radius 2 is 1.70 bits per heavy atom. The zero-order valence-corrected chi connectivity index (χ0v) is 15.6. The Balaban J connectivity index is 1.87. The molecule has 0 aliphatic heterocycles. The fourth-order valence-electron chi connectivity index (χ4n) is 3.70. The summed E-state index contributed by atoms with van der Waals surface area (Å²) >= 11 is 1.62. The number of nitrogen functional groups attached to an aromatic ring is 1. The molecule has 132 valence electrons. The maximum absolute atomic E-state index is 6.42. The molecule has 0 unspecified atom stereocenters. The van der Waals surface area contributed by atoms with Crippen molar-refractivity contribution in [1.29, 1.82) is 0 Å². The van der Waals surface area contributed by atoms with E-state index in [1.54, 1.807) is 11.3 Å². The quantitative estimate of drug-likeness (QED) is 0.456. The van der Waals surface area contributed by atoms with Gasteiger partial charge in [0.05, 0.1) is 21.8 Å². The number of aromatic nitrogens is 3. The summed E-state index contributed by atoms with van der Waals surface area (Å²) in [6, 6.07) is 22.9. The van der Waals surface area contributed by atoms with E-state index in [-0.39, 0.29) is 6.04 Å². The molecule has 5 aromatic rings. The van der Waals surface area contributed by atoms with Gasteiger partial charge in [0, 0.05) is 5.39 Å². The van der Waals surface area contributed by atoms with Crippen molar-refractivity contribution in [3.05, 3.63) is 77.7 Å². The lowest BCUT2D eigenvalue weighted by Crippen LogP contribution is -2.08. The molecule has 27 heavy (non-hydrogen) atoms. The molecule has 5 heteroatoms. The molecule has 4 nitrogen and oxygen atoms in total. The zero-order valence-electron chi connectivity index (χ0n) is 14.8. The van der Waals surface area contributed by atoms with Gasteiger partial charge in [0.1, 0.15) is 11.5 Å². The van der Waals surface area contributed by atoms with Crippen molar-refractivity contribution in [1.82, 2.24) is 14.5 Å². The van der Waals surface area contributed by atoms with E-state index in [1.165, 1.54) is 5.56 Å². The summed E-state index contributed by atoms with van der Waals surface area (Å²) in [6.45, 7) is 2.20. The van der Waals surface area contributed by atoms with Crippen molar-refractivity contribution in [2.45, 2.75) is 13.0 Å². The van der Waals surface area contributed by atoms with Gasteiger partial charge in [-0.05, 0) is 30.0 Å². The summed E-state index contributed by atoms with van der Waals surface area (Å²) in [5.41, 5.74) is 9.65. The van der Waals surface area contributed by atoms with Crippen LogP contribution in [0.15, 0.2) is 72.1 Å². The Morgan fingerprint density at radius 1 is 0.926 bits per heavy atom. The fraction of sp³-hybridized carbons (Fsp3) is 0.0909. The summed E-state index contributed by atoms with van der Waals surface area (Å²) in [4.78, 5) is 10.6. The molecule has 0 saturated carbocycles. The molecular formula is C22H18N4S. The maximum Gasteiger partial charge on any atom is 0.173 e. The van der Waals surface area contributed by atoms with Crippen LogP contribution in [0, 0.1) is 0 Å². The van der Waals surface area contributed by atoms with Crippen LogP contribution in [-0.2, 0) is 0 Å². The minimum absolute atomic E-state index is 0.124. The molecule has 0 aliphatic carbocycles. The van der Waals surface area contributed by atoms with Gasteiger partial charge < -0.3 is 10.3 Å². The van der Waals surface area contributed by atoms with E-state index in [0.29, 0.717) is 11.6 Å². The first-order valence-electron chi connectivity index (χ1n) is 8.89. The molecular weight excluding hydrogens is 352 g/mol. The lowest BCUT2D eigenvalue weighted by atomic mass is 10.1. The first-order valence-corrected chi connectivity index (χ1v) is 9.77. The highest BCUT2D eigenvalue weighted by molar-refractivity contribution is 7.13. The molecule has 0 fully saturated rings. The lowest BCUT2D eigenvalue weighted by Gasteiger charge is -2.17. The monoisotopic (exact) mass is 370 g/mol. The number of hydrogen-bond acceptors (Lipinski definition) is 4. The molecule has 0 bridgehead atoms. The number of nitrogens with zero attached hydrogens (tertiary/aromatic N) is 3. The molecule has 5 rings (SSSR count). The van der Waals surface area contributed by atoms with Crippen molar-refractivity contribution in [3.8, 4) is 10.7 Å². The van der Waals surface area contributed by atoms with E-state index in [2.05, 4.69) is 58.9 Å². The molecule has 0 radical (unpaired) electrons. The smallest absolute Gasteiger partial charge is 0.173 e. The Kier molecular flexibility index (Phi) is 3.69. The van der Waals surface area contributed by atoms with Gasteiger partial charge in [0.2, 0.25) is 0 Å². The highest BCUT2D eigenvalue weighted by atomic mass is 32.1. The number of nitrogens with two attached hydrogens (primary N) is 1. The van der Waals surface area contributed by atoms with Crippen LogP contribution in [0.3, 0.4) is 0 Å². The van der Waals surface area contributed by atoms with Gasteiger partial charge in [-0.15, -0.1) is 11.3 Å². The van der Waals surface area contributed by atoms with Crippen LogP contribution < -0.4 is 5.73 Å². The second kappa shape index (κ2) is 6.21. The molecule has 2 aromatic carbocycles. The van der Waals surface area contributed by atoms with Gasteiger partial charge >= 0.3 is 0 Å². The van der Waals surface area contributed by atoms with Gasteiger partial charge in [-0.25, -0.2) is 9.97 Å². The van der Waals surface area contributed by atoms with E-state index in [1.807, 2.05) is 29.6 Å². The highest BCUT2D eigenvalue weighted by Gasteiger charge is 2.21. The SMILES string of the molecule is C[C@H](c1ccccc1)n1c2ccccc2c2c(N)nc(-c3cccs3)nc21. The van der Waals surface area contributed by atoms with Crippen molar-refractivity contribution < 1.29 is 0 Å². The van der Waals surface area contributed by atoms with Gasteiger partial charge in [0.25, 0.3) is 0 Å². The molecule has 3 heterocycles. The maximum atomic E-state index is 6.42. The minimum Gasteiger partial charge on any atom is -0.383 e. The first-order chi connectivity index (χ1) is 13.2. The third-order valence-electron chi connectivity index (χ3n) is 4.99. The number of rotatable bonds is 3. The number of benzene rings is 2. The molecule has 2 N–H and O–H groups in total. The largest absolute Gasteiger partial charge is 0.383 e. The molecule has 1 atom stereocenters. The van der Waals surface area contributed by atoms with E-state index < -0.39 is 0 Å². The van der Waals surface area contributed by atoms with Gasteiger partial charge in [-0.1, -0.05) is 54.6 Å². The van der Waals surface area contributed by atoms with Crippen LogP contribution in [0.25, 0.3) is 32.6 Å². The summed E-state index contributed by atoms with van der Waals surface area (Å²) in [5, 5.41) is 4.04. The third kappa shape index (κ3) is 2.51. The molecule has 3 aromatic heterocycles. The second-order valence-corrected chi connectivity index (χ2v) is 7.53. The lowest BCUT2D eigenvalue weighted by molar-refractivity contribution is 0.679. The topological polar surface area (TPSA) is 56.7 Å². The molecule has 0 aliphatic rings. The summed E-state index contributed by atoms with van der Waals surface area (Å²) in [5.74, 6) is 1.21. The number of hydrogen-bond donors (Lipinski definition) is 1. The Hall–Kier alpha value is -3.18. The van der Waals surface area contributed by atoms with Crippen molar-refractivity contribution in [3.63, 3.8) is 0 Å². The van der Waals surface area contributed by atoms with Crippen LogP contribution in [0.5, 0.6) is 0 Å². The third-order valence-corrected chi connectivity index (χ3v) is 5.86. The van der Waals surface area contributed by atoms with Crippen LogP contribution in [0.4, 0.5) is 5.82 Å². The predicted octanol–water partition coefficient (Wildman–Crippen LogP) is 5.50. The zero-order chi connectivity index (χ0) is 18.4. The molecule has 0 saturated heterocycles. The number of fused-ring (bicyclic) bond motifs is 3. The van der Waals surface area contributed by atoms with Crippen LogP contribution in [0.1, 0.15) is 18.5 Å². The first kappa shape index (κ1) is 16.0. The number of anilines is 1. The van der Waals surface area contributed by atoms with E-state index in [9.17, 15) is 0 Å². The average Bonchev–Trinajstić information content (AvgIpc) is 3.34. The van der Waals surface area contributed by atoms with E-state index >= 15 is 0 Å². The number of thiophene rings is 1. The second-order valence-electron chi connectivity index (χ2n) is 6.58. The standard InChI is InChI=1S/C22H18N4S/c1-14(15-8-3-2-4-9-15)26-17-11-6-5-10-16(17)19-20(23)24-21(25-22(19)26)18-12-7-13-27-18/h2-14H,1H3,(H2,23,24,25)/t14-/m1/s1. The van der Waals surface area contributed by atoms with Crippen LogP contribution >= 0.6 is 11.3 Å². The van der Waals surface area contributed by atoms with Gasteiger partial charge in [-0.2, -0.15) is 0 Å². The summed E-state index contributed by atoms with van der Waals surface area (Å²) < 4.78 is 2.27. The fourth-order valence-corrected chi connectivity index (χ4v) is 4.35. The Morgan fingerprint density at radius 3 is 2.48 bits per heavy atom. The van der Waals surface area contributed by atoms with Gasteiger partial charge in [0.15, 0.2) is 5.82 Å². The van der Waals surface area contributed by atoms with Crippen LogP contribution in [-0.4, -0.2) is 14.5 Å². The van der Waals surface area contributed by atoms with Crippen molar-refractivity contribution >= 4 is 39.1 Å². The van der Waals surface area contributed by atoms with Crippen LogP contribution in [0.2, 0.25) is 0 Å². The van der Waals surface area contributed by atoms with Crippen molar-refractivity contribution in [2.24, 2.45) is 0 Å². The molecule has 0 spiro atoms. The minimum atomic E-state index is 0.124. The Bertz CT molecular complexity index is 1240. The number of para-hydroxylation sites is 1. The van der Waals surface area contributed by atoms with E-state index in [0.717, 1.165) is 26.8 Å². The van der Waals surface area contributed by atoms with Crippen molar-refractivity contribution in [2.75, 3.05) is 5.73 Å². The summed E-state index contributed by atoms with van der Waals surface area (Å²) in [7, 11) is 0. The normalized spacial score (nSPS) is 12.6. The molecule has 0 amide bonds. The van der Waals surface area contributed by atoms with Gasteiger partial charge in [-0.3, -0.25) is 0 Å².